The molecular weight excluding hydrogens is 350 g/mol. The summed E-state index contributed by atoms with van der Waals surface area (Å²) < 4.78 is 0. The van der Waals surface area contributed by atoms with Crippen LogP contribution in [0, 0.1) is 0 Å². The van der Waals surface area contributed by atoms with E-state index in [4.69, 9.17) is 0 Å². The molecular formula is C24H43NO3. The topological polar surface area (TPSA) is 57.6 Å². The molecule has 4 heteroatoms. The predicted molar refractivity (Wildman–Crippen MR) is 116 cm³/mol. The molecule has 1 atom stereocenters. The second-order valence-corrected chi connectivity index (χ2v) is 8.63. The van der Waals surface area contributed by atoms with Gasteiger partial charge in [-0.15, -0.1) is 0 Å². The zero-order valence-electron chi connectivity index (χ0n) is 18.8. The van der Waals surface area contributed by atoms with Gasteiger partial charge in [0, 0.05) is 6.54 Å². The van der Waals surface area contributed by atoms with Gasteiger partial charge in [0.05, 0.1) is 5.57 Å². The van der Waals surface area contributed by atoms with Gasteiger partial charge >= 0.3 is 0 Å². The van der Waals surface area contributed by atoms with E-state index in [9.17, 15) is 14.7 Å². The van der Waals surface area contributed by atoms with Crippen molar-refractivity contribution < 1.29 is 14.7 Å². The molecule has 0 radical (unpaired) electrons. The molecule has 1 aliphatic rings. The number of nitrogens with zero attached hydrogens (tertiary/aromatic N) is 1. The Hall–Kier alpha value is -1.16. The fourth-order valence-electron chi connectivity index (χ4n) is 4.13. The summed E-state index contributed by atoms with van der Waals surface area (Å²) in [6, 6.07) is 0. The molecule has 0 aliphatic carbocycles. The van der Waals surface area contributed by atoms with Crippen LogP contribution in [-0.2, 0) is 9.59 Å². The van der Waals surface area contributed by atoms with E-state index in [1.165, 1.54) is 88.9 Å². The van der Waals surface area contributed by atoms with Gasteiger partial charge < -0.3 is 10.0 Å². The summed E-state index contributed by atoms with van der Waals surface area (Å²) in [5.74, 6) is -0.573. The molecule has 1 aliphatic heterocycles. The minimum absolute atomic E-state index is 0.162. The summed E-state index contributed by atoms with van der Waals surface area (Å²) in [7, 11) is 0. The lowest BCUT2D eigenvalue weighted by Gasteiger charge is -2.31. The number of carbonyl (C=O) groups excluding carboxylic acids is 2. The van der Waals surface area contributed by atoms with E-state index < -0.39 is 5.72 Å². The lowest BCUT2D eigenvalue weighted by atomic mass is 10.0. The Morgan fingerprint density at radius 3 is 1.61 bits per heavy atom. The van der Waals surface area contributed by atoms with Gasteiger partial charge in [0.1, 0.15) is 0 Å². The normalized spacial score (nSPS) is 19.8. The molecule has 0 aromatic rings. The summed E-state index contributed by atoms with van der Waals surface area (Å²) in [4.78, 5) is 25.6. The van der Waals surface area contributed by atoms with Gasteiger partial charge in [-0.1, -0.05) is 90.4 Å². The maximum atomic E-state index is 12.4. The fraction of sp³-hybridized carbons (Fsp3) is 0.833. The van der Waals surface area contributed by atoms with Crippen molar-refractivity contribution in [2.24, 2.45) is 0 Å². The van der Waals surface area contributed by atoms with Gasteiger partial charge in [-0.25, -0.2) is 0 Å². The highest BCUT2D eigenvalue weighted by molar-refractivity contribution is 6.21. The molecule has 1 heterocycles. The van der Waals surface area contributed by atoms with Gasteiger partial charge in [0.25, 0.3) is 5.91 Å². The van der Waals surface area contributed by atoms with Gasteiger partial charge in [-0.05, 0) is 32.8 Å². The van der Waals surface area contributed by atoms with Gasteiger partial charge in [0.2, 0.25) is 0 Å². The summed E-state index contributed by atoms with van der Waals surface area (Å²) >= 11 is 0. The first-order valence-electron chi connectivity index (χ1n) is 11.6. The van der Waals surface area contributed by atoms with Crippen molar-refractivity contribution in [3.05, 3.63) is 11.1 Å². The molecule has 28 heavy (non-hydrogen) atoms. The molecule has 0 bridgehead atoms. The van der Waals surface area contributed by atoms with E-state index in [0.29, 0.717) is 12.1 Å². The largest absolute Gasteiger partial charge is 0.367 e. The summed E-state index contributed by atoms with van der Waals surface area (Å²) in [6.45, 7) is 7.46. The third kappa shape index (κ3) is 7.69. The van der Waals surface area contributed by atoms with Crippen LogP contribution in [-0.4, -0.2) is 34.0 Å². The van der Waals surface area contributed by atoms with Crippen LogP contribution >= 0.6 is 0 Å². The molecule has 0 fully saturated rings. The first-order chi connectivity index (χ1) is 13.3. The molecule has 4 nitrogen and oxygen atoms in total. The van der Waals surface area contributed by atoms with E-state index in [0.717, 1.165) is 12.8 Å². The number of ketones is 1. The molecule has 1 amide bonds. The van der Waals surface area contributed by atoms with Crippen molar-refractivity contribution >= 4 is 11.7 Å². The van der Waals surface area contributed by atoms with Crippen molar-refractivity contribution in [1.82, 2.24) is 4.90 Å². The van der Waals surface area contributed by atoms with Crippen molar-refractivity contribution in [1.29, 1.82) is 0 Å². The highest BCUT2D eigenvalue weighted by Crippen LogP contribution is 2.33. The van der Waals surface area contributed by atoms with Crippen LogP contribution in [0.15, 0.2) is 11.1 Å². The first kappa shape index (κ1) is 24.9. The van der Waals surface area contributed by atoms with Gasteiger partial charge in [-0.3, -0.25) is 9.59 Å². The quantitative estimate of drug-likeness (QED) is 0.261. The van der Waals surface area contributed by atoms with Gasteiger partial charge in [-0.2, -0.15) is 0 Å². The minimum atomic E-state index is -1.32. The Bertz CT molecular complexity index is 522. The predicted octanol–water partition coefficient (Wildman–Crippen LogP) is 5.92. The molecule has 0 saturated heterocycles. The van der Waals surface area contributed by atoms with Gasteiger partial charge in [0.15, 0.2) is 11.5 Å². The van der Waals surface area contributed by atoms with Crippen molar-refractivity contribution in [3.63, 3.8) is 0 Å². The maximum Gasteiger partial charge on any atom is 0.260 e. The number of unbranched alkanes of at least 4 members (excludes halogenated alkanes) is 13. The minimum Gasteiger partial charge on any atom is -0.367 e. The van der Waals surface area contributed by atoms with Crippen molar-refractivity contribution in [3.8, 4) is 0 Å². The summed E-state index contributed by atoms with van der Waals surface area (Å²) in [6.07, 6.45) is 18.0. The smallest absolute Gasteiger partial charge is 0.260 e. The molecule has 162 valence electrons. The van der Waals surface area contributed by atoms with E-state index in [1.807, 2.05) is 0 Å². The molecule has 0 spiro atoms. The summed E-state index contributed by atoms with van der Waals surface area (Å²) in [5.41, 5.74) is -0.681. The highest BCUT2D eigenvalue weighted by Gasteiger charge is 2.45. The number of rotatable bonds is 16. The monoisotopic (exact) mass is 393 g/mol. The Kier molecular flexibility index (Phi) is 11.7. The average molecular weight is 394 g/mol. The lowest BCUT2D eigenvalue weighted by molar-refractivity contribution is -0.141. The molecule has 0 saturated carbocycles. The first-order valence-corrected chi connectivity index (χ1v) is 11.6. The Balaban J connectivity index is 2.05. The summed E-state index contributed by atoms with van der Waals surface area (Å²) in [5, 5.41) is 10.6. The number of carbonyl (C=O) groups is 2. The molecule has 1 rings (SSSR count). The van der Waals surface area contributed by atoms with Crippen LogP contribution in [0.3, 0.4) is 0 Å². The number of hydrogen-bond donors (Lipinski definition) is 1. The average Bonchev–Trinajstić information content (AvgIpc) is 2.80. The van der Waals surface area contributed by atoms with E-state index in [1.54, 1.807) is 13.8 Å². The number of aliphatic hydroxyl groups is 1. The number of Topliss-reactive ketones (excluding diaryl/α,β-unsaturated/α-hetero) is 1. The third-order valence-corrected chi connectivity index (χ3v) is 6.16. The number of amides is 1. The molecule has 0 aromatic carbocycles. The molecule has 1 unspecified atom stereocenters. The SMILES string of the molecule is CCCCCCCCCCCCCCCCN1C(=O)C(C(C)=O)=C(C)C1(C)O. The van der Waals surface area contributed by atoms with Crippen molar-refractivity contribution in [2.75, 3.05) is 6.54 Å². The second-order valence-electron chi connectivity index (χ2n) is 8.63. The van der Waals surface area contributed by atoms with E-state index in [2.05, 4.69) is 6.92 Å². The Morgan fingerprint density at radius 1 is 0.857 bits per heavy atom. The molecule has 0 aromatic heterocycles. The van der Waals surface area contributed by atoms with E-state index >= 15 is 0 Å². The van der Waals surface area contributed by atoms with Crippen LogP contribution in [0.4, 0.5) is 0 Å². The second kappa shape index (κ2) is 13.1. The standard InChI is InChI=1S/C24H43NO3/c1-5-6-7-8-9-10-11-12-13-14-15-16-17-18-19-25-23(27)22(21(3)26)20(2)24(25,4)28/h28H,5-19H2,1-4H3. The van der Waals surface area contributed by atoms with E-state index in [-0.39, 0.29) is 17.3 Å². The van der Waals surface area contributed by atoms with Crippen LogP contribution in [0.1, 0.15) is 118 Å². The lowest BCUT2D eigenvalue weighted by Crippen LogP contribution is -2.46. The third-order valence-electron chi connectivity index (χ3n) is 6.16. The Morgan fingerprint density at radius 2 is 1.25 bits per heavy atom. The zero-order valence-corrected chi connectivity index (χ0v) is 18.8. The maximum absolute atomic E-state index is 12.4. The highest BCUT2D eigenvalue weighted by atomic mass is 16.3. The van der Waals surface area contributed by atoms with Crippen LogP contribution in [0.2, 0.25) is 0 Å². The fourth-order valence-corrected chi connectivity index (χ4v) is 4.13. The van der Waals surface area contributed by atoms with Crippen LogP contribution in [0.5, 0.6) is 0 Å². The van der Waals surface area contributed by atoms with Crippen LogP contribution in [0.25, 0.3) is 0 Å². The van der Waals surface area contributed by atoms with Crippen LogP contribution < -0.4 is 0 Å². The number of hydrogen-bond acceptors (Lipinski definition) is 3. The molecule has 1 N–H and O–H groups in total. The Labute approximate surface area is 172 Å². The van der Waals surface area contributed by atoms with Crippen molar-refractivity contribution in [2.45, 2.75) is 123 Å². The zero-order chi connectivity index (χ0) is 21.0.